The zero-order chi connectivity index (χ0) is 15.5. The molecule has 0 aliphatic carbocycles. The Balaban J connectivity index is 2.15. The van der Waals surface area contributed by atoms with Gasteiger partial charge in [0.2, 0.25) is 0 Å². The summed E-state index contributed by atoms with van der Waals surface area (Å²) in [6.45, 7) is 0.206. The summed E-state index contributed by atoms with van der Waals surface area (Å²) in [5.41, 5.74) is 3.70. The van der Waals surface area contributed by atoms with Gasteiger partial charge >= 0.3 is 0 Å². The summed E-state index contributed by atoms with van der Waals surface area (Å²) in [6.07, 6.45) is 0.940. The first-order valence-corrected chi connectivity index (χ1v) is 7.02. The van der Waals surface area contributed by atoms with Crippen molar-refractivity contribution in [1.29, 1.82) is 0 Å². The maximum atomic E-state index is 10.7. The fourth-order valence-corrected chi connectivity index (χ4v) is 2.50. The van der Waals surface area contributed by atoms with E-state index in [9.17, 15) is 10.1 Å². The smallest absolute Gasteiger partial charge is 0.255 e. The lowest BCUT2D eigenvalue weighted by atomic mass is 10.0. The monoisotopic (exact) mass is 313 g/mol. The summed E-state index contributed by atoms with van der Waals surface area (Å²) in [6, 6.07) is 15.0. The van der Waals surface area contributed by atoms with Crippen LogP contribution in [0.15, 0.2) is 65.4 Å². The molecule has 5 nitrogen and oxygen atoms in total. The highest BCUT2D eigenvalue weighted by Crippen LogP contribution is 2.27. The lowest BCUT2D eigenvalue weighted by Gasteiger charge is -2.11. The van der Waals surface area contributed by atoms with E-state index in [1.165, 1.54) is 0 Å². The molecule has 0 radical (unpaired) electrons. The molecule has 1 aliphatic heterocycles. The molecule has 110 valence electrons. The molecule has 0 saturated carbocycles. The van der Waals surface area contributed by atoms with E-state index in [1.54, 1.807) is 12.1 Å². The van der Waals surface area contributed by atoms with Crippen LogP contribution in [-0.4, -0.2) is 17.2 Å². The molecule has 2 aromatic rings. The number of hydrogen-bond donors (Lipinski definition) is 1. The maximum absolute atomic E-state index is 10.7. The van der Waals surface area contributed by atoms with Crippen LogP contribution in [0.4, 0.5) is 5.69 Å². The average Bonchev–Trinajstić information content (AvgIpc) is 2.66. The molecule has 0 bridgehead atoms. The molecule has 1 N–H and O–H groups in total. The van der Waals surface area contributed by atoms with E-state index in [-0.39, 0.29) is 6.54 Å². The number of benzodiazepines with no additional fused rings is 1. The molecule has 3 rings (SSSR count). The van der Waals surface area contributed by atoms with Gasteiger partial charge < -0.3 is 5.32 Å². The van der Waals surface area contributed by atoms with Crippen molar-refractivity contribution in [2.75, 3.05) is 11.9 Å². The fourth-order valence-electron chi connectivity index (χ4n) is 2.33. The van der Waals surface area contributed by atoms with Crippen LogP contribution < -0.4 is 5.32 Å². The molecule has 0 atom stereocenters. The molecule has 0 unspecified atom stereocenters. The summed E-state index contributed by atoms with van der Waals surface area (Å²) in [5, 5.41) is 14.4. The van der Waals surface area contributed by atoms with Crippen LogP contribution in [-0.2, 0) is 0 Å². The molecule has 2 aromatic carbocycles. The predicted octanol–water partition coefficient (Wildman–Crippen LogP) is 3.72. The molecule has 0 fully saturated rings. The minimum atomic E-state index is -0.485. The average molecular weight is 314 g/mol. The Labute approximate surface area is 132 Å². The number of hydrogen-bond acceptors (Lipinski definition) is 4. The molecule has 0 amide bonds. The van der Waals surface area contributed by atoms with Crippen molar-refractivity contribution in [3.63, 3.8) is 0 Å². The van der Waals surface area contributed by atoms with E-state index in [0.717, 1.165) is 28.7 Å². The highest BCUT2D eigenvalue weighted by atomic mass is 35.5. The van der Waals surface area contributed by atoms with Gasteiger partial charge in [-0.1, -0.05) is 41.9 Å². The summed E-state index contributed by atoms with van der Waals surface area (Å²) < 4.78 is 0. The molecule has 22 heavy (non-hydrogen) atoms. The van der Waals surface area contributed by atoms with E-state index in [4.69, 9.17) is 11.6 Å². The van der Waals surface area contributed by atoms with E-state index in [1.807, 2.05) is 36.4 Å². The second kappa shape index (κ2) is 5.99. The van der Waals surface area contributed by atoms with E-state index >= 15 is 0 Å². The third-order valence-electron chi connectivity index (χ3n) is 3.25. The van der Waals surface area contributed by atoms with Crippen molar-refractivity contribution in [2.24, 2.45) is 4.99 Å². The van der Waals surface area contributed by atoms with E-state index in [2.05, 4.69) is 10.3 Å². The lowest BCUT2D eigenvalue weighted by Crippen LogP contribution is -2.05. The molecule has 0 saturated heterocycles. The zero-order valence-corrected chi connectivity index (χ0v) is 12.2. The van der Waals surface area contributed by atoms with Crippen LogP contribution >= 0.6 is 11.6 Å². The number of rotatable bonds is 2. The van der Waals surface area contributed by atoms with Crippen LogP contribution in [0.3, 0.4) is 0 Å². The number of anilines is 1. The first-order valence-electron chi connectivity index (χ1n) is 6.64. The largest absolute Gasteiger partial charge is 0.352 e. The van der Waals surface area contributed by atoms with Crippen LogP contribution in [0.5, 0.6) is 0 Å². The summed E-state index contributed by atoms with van der Waals surface area (Å²) in [7, 11) is 0. The highest BCUT2D eigenvalue weighted by Gasteiger charge is 2.18. The Hall–Kier alpha value is -2.66. The topological polar surface area (TPSA) is 67.5 Å². The maximum Gasteiger partial charge on any atom is 0.255 e. The number of halogens is 1. The van der Waals surface area contributed by atoms with Gasteiger partial charge in [-0.2, -0.15) is 0 Å². The first-order chi connectivity index (χ1) is 10.6. The fraction of sp³-hybridized carbons (Fsp3) is 0.0625. The van der Waals surface area contributed by atoms with Crippen LogP contribution in [0.25, 0.3) is 0 Å². The SMILES string of the molecule is O=[N+]([O-])/C=C1/CN=C(c2ccccc2)c2cc(Cl)ccc2N1. The first kappa shape index (κ1) is 14.3. The Bertz CT molecular complexity index is 785. The predicted molar refractivity (Wildman–Crippen MR) is 87.1 cm³/mol. The van der Waals surface area contributed by atoms with Gasteiger partial charge in [-0.15, -0.1) is 0 Å². The summed E-state index contributed by atoms with van der Waals surface area (Å²) in [4.78, 5) is 14.8. The van der Waals surface area contributed by atoms with Gasteiger partial charge in [-0.05, 0) is 18.2 Å². The Kier molecular flexibility index (Phi) is 3.89. The second-order valence-electron chi connectivity index (χ2n) is 4.79. The standard InChI is InChI=1S/C16H12ClN3O2/c17-12-6-7-15-14(8-12)16(11-4-2-1-3-5-11)18-9-13(19-15)10-20(21)22/h1-8,10,19H,9H2/b13-10-. The number of nitrogens with one attached hydrogen (secondary N) is 1. The van der Waals surface area contributed by atoms with Gasteiger partial charge in [0.25, 0.3) is 6.20 Å². The third-order valence-corrected chi connectivity index (χ3v) is 3.48. The normalized spacial score (nSPS) is 15.5. The molecule has 0 spiro atoms. The van der Waals surface area contributed by atoms with Crippen molar-refractivity contribution >= 4 is 23.0 Å². The molecular formula is C16H12ClN3O2. The molecular weight excluding hydrogens is 302 g/mol. The minimum Gasteiger partial charge on any atom is -0.352 e. The van der Waals surface area contributed by atoms with Crippen molar-refractivity contribution in [2.45, 2.75) is 0 Å². The molecule has 6 heteroatoms. The number of nitrogens with zero attached hydrogens (tertiary/aromatic N) is 2. The minimum absolute atomic E-state index is 0.206. The molecule has 1 heterocycles. The summed E-state index contributed by atoms with van der Waals surface area (Å²) in [5.74, 6) is 0. The molecule has 0 aromatic heterocycles. The van der Waals surface area contributed by atoms with Crippen molar-refractivity contribution < 1.29 is 4.92 Å². The Morgan fingerprint density at radius 2 is 2.00 bits per heavy atom. The number of nitro groups is 1. The van der Waals surface area contributed by atoms with Gasteiger partial charge in [0.05, 0.1) is 17.2 Å². The van der Waals surface area contributed by atoms with Gasteiger partial charge in [-0.25, -0.2) is 0 Å². The van der Waals surface area contributed by atoms with Crippen LogP contribution in [0.1, 0.15) is 11.1 Å². The van der Waals surface area contributed by atoms with Gasteiger partial charge in [-0.3, -0.25) is 15.1 Å². The number of aliphatic imine (C=N–C) groups is 1. The van der Waals surface area contributed by atoms with E-state index < -0.39 is 4.92 Å². The van der Waals surface area contributed by atoms with Gasteiger partial charge in [0, 0.05) is 21.8 Å². The highest BCUT2D eigenvalue weighted by molar-refractivity contribution is 6.31. The zero-order valence-electron chi connectivity index (χ0n) is 11.5. The van der Waals surface area contributed by atoms with Crippen LogP contribution in [0, 0.1) is 10.1 Å². The van der Waals surface area contributed by atoms with Crippen molar-refractivity contribution in [1.82, 2.24) is 0 Å². The van der Waals surface area contributed by atoms with Gasteiger partial charge in [0.1, 0.15) is 5.70 Å². The van der Waals surface area contributed by atoms with E-state index in [0.29, 0.717) is 10.7 Å². The third kappa shape index (κ3) is 2.99. The van der Waals surface area contributed by atoms with Gasteiger partial charge in [0.15, 0.2) is 0 Å². The Morgan fingerprint density at radius 1 is 1.23 bits per heavy atom. The number of benzene rings is 2. The van der Waals surface area contributed by atoms with Crippen LogP contribution in [0.2, 0.25) is 5.02 Å². The number of fused-ring (bicyclic) bond motifs is 1. The quantitative estimate of drug-likeness (QED) is 0.678. The Morgan fingerprint density at radius 3 is 2.73 bits per heavy atom. The summed E-state index contributed by atoms with van der Waals surface area (Å²) >= 11 is 6.10. The second-order valence-corrected chi connectivity index (χ2v) is 5.22. The lowest BCUT2D eigenvalue weighted by molar-refractivity contribution is -0.403. The van der Waals surface area contributed by atoms with Crippen molar-refractivity contribution in [3.8, 4) is 0 Å². The molecule has 1 aliphatic rings. The van der Waals surface area contributed by atoms with Crippen molar-refractivity contribution in [3.05, 3.63) is 86.7 Å².